The quantitative estimate of drug-likeness (QED) is 0.806. The fraction of sp³-hybridized carbons (Fsp3) is 0.750. The monoisotopic (exact) mass is 225 g/mol. The fourth-order valence-corrected chi connectivity index (χ4v) is 1.31. The average Bonchev–Trinajstić information content (AvgIpc) is 2.63. The molecule has 4 heteroatoms. The molecule has 1 rings (SSSR count). The van der Waals surface area contributed by atoms with Crippen molar-refractivity contribution < 1.29 is 4.74 Å². The number of ether oxygens (including phenoxy) is 1. The van der Waals surface area contributed by atoms with E-state index in [4.69, 9.17) is 10.5 Å². The van der Waals surface area contributed by atoms with Gasteiger partial charge in [0.25, 0.3) is 0 Å². The van der Waals surface area contributed by atoms with Crippen LogP contribution in [0.4, 0.5) is 0 Å². The molecule has 1 unspecified atom stereocenters. The Morgan fingerprint density at radius 3 is 2.81 bits per heavy atom. The smallest absolute Gasteiger partial charge is 0.0907 e. The summed E-state index contributed by atoms with van der Waals surface area (Å²) in [6.45, 7) is 9.28. The summed E-state index contributed by atoms with van der Waals surface area (Å²) in [4.78, 5) is 0. The predicted molar refractivity (Wildman–Crippen MR) is 65.2 cm³/mol. The maximum Gasteiger partial charge on any atom is 0.0907 e. The third-order valence-corrected chi connectivity index (χ3v) is 2.43. The van der Waals surface area contributed by atoms with E-state index in [0.29, 0.717) is 19.3 Å². The molecule has 0 aliphatic rings. The van der Waals surface area contributed by atoms with Crippen molar-refractivity contribution >= 4 is 0 Å². The van der Waals surface area contributed by atoms with Gasteiger partial charge in [-0.3, -0.25) is 4.68 Å². The Morgan fingerprint density at radius 2 is 2.25 bits per heavy atom. The molecule has 0 saturated heterocycles. The van der Waals surface area contributed by atoms with Gasteiger partial charge in [0.05, 0.1) is 18.9 Å². The largest absolute Gasteiger partial charge is 0.373 e. The van der Waals surface area contributed by atoms with E-state index in [9.17, 15) is 0 Å². The van der Waals surface area contributed by atoms with Crippen LogP contribution >= 0.6 is 0 Å². The second-order valence-electron chi connectivity index (χ2n) is 5.03. The van der Waals surface area contributed by atoms with Crippen molar-refractivity contribution in [3.8, 4) is 0 Å². The molecule has 0 bridgehead atoms. The second-order valence-corrected chi connectivity index (χ2v) is 5.03. The Labute approximate surface area is 97.8 Å². The Balaban J connectivity index is 2.41. The van der Waals surface area contributed by atoms with Crippen molar-refractivity contribution in [2.24, 2.45) is 5.73 Å². The summed E-state index contributed by atoms with van der Waals surface area (Å²) in [6.07, 6.45) is 3.08. The summed E-state index contributed by atoms with van der Waals surface area (Å²) >= 11 is 0. The molecule has 0 spiro atoms. The molecule has 1 heterocycles. The van der Waals surface area contributed by atoms with Crippen molar-refractivity contribution in [2.75, 3.05) is 6.61 Å². The highest BCUT2D eigenvalue weighted by molar-refractivity contribution is 4.98. The van der Waals surface area contributed by atoms with Gasteiger partial charge >= 0.3 is 0 Å². The highest BCUT2D eigenvalue weighted by Gasteiger charge is 2.11. The standard InChI is InChI=1S/C12H23N3O/c1-5-10(2)15-7-6-11(14-15)8-16-9-12(3,4)13/h6-7,10H,5,8-9,13H2,1-4H3. The molecule has 0 aromatic carbocycles. The molecule has 0 radical (unpaired) electrons. The van der Waals surface area contributed by atoms with Crippen LogP contribution < -0.4 is 5.73 Å². The number of rotatable bonds is 6. The van der Waals surface area contributed by atoms with E-state index in [2.05, 4.69) is 18.9 Å². The van der Waals surface area contributed by atoms with Gasteiger partial charge in [-0.1, -0.05) is 6.92 Å². The molecular formula is C12H23N3O. The minimum atomic E-state index is -0.278. The zero-order valence-corrected chi connectivity index (χ0v) is 10.7. The van der Waals surface area contributed by atoms with Crippen LogP contribution in [-0.4, -0.2) is 21.9 Å². The van der Waals surface area contributed by atoms with Crippen LogP contribution in [0.1, 0.15) is 45.9 Å². The molecule has 1 atom stereocenters. The summed E-state index contributed by atoms with van der Waals surface area (Å²) in [7, 11) is 0. The third kappa shape index (κ3) is 4.33. The number of hydrogen-bond donors (Lipinski definition) is 1. The van der Waals surface area contributed by atoms with Gasteiger partial charge in [0, 0.05) is 17.8 Å². The van der Waals surface area contributed by atoms with Crippen LogP contribution in [0, 0.1) is 0 Å². The normalized spacial score (nSPS) is 14.1. The zero-order valence-electron chi connectivity index (χ0n) is 10.7. The van der Waals surface area contributed by atoms with Gasteiger partial charge in [-0.15, -0.1) is 0 Å². The van der Waals surface area contributed by atoms with E-state index >= 15 is 0 Å². The lowest BCUT2D eigenvalue weighted by Crippen LogP contribution is -2.37. The minimum Gasteiger partial charge on any atom is -0.373 e. The van der Waals surface area contributed by atoms with Crippen LogP contribution in [0.5, 0.6) is 0 Å². The van der Waals surface area contributed by atoms with Gasteiger partial charge in [0.1, 0.15) is 0 Å². The molecule has 0 aliphatic heterocycles. The average molecular weight is 225 g/mol. The first-order chi connectivity index (χ1) is 7.42. The summed E-state index contributed by atoms with van der Waals surface area (Å²) in [5.41, 5.74) is 6.51. The van der Waals surface area contributed by atoms with Crippen LogP contribution in [0.15, 0.2) is 12.3 Å². The molecule has 16 heavy (non-hydrogen) atoms. The highest BCUT2D eigenvalue weighted by atomic mass is 16.5. The Hall–Kier alpha value is -0.870. The number of nitrogens with two attached hydrogens (primary N) is 1. The maximum atomic E-state index is 5.82. The molecule has 0 amide bonds. The number of aromatic nitrogens is 2. The van der Waals surface area contributed by atoms with Crippen LogP contribution in [-0.2, 0) is 11.3 Å². The maximum absolute atomic E-state index is 5.82. The molecule has 0 saturated carbocycles. The number of nitrogens with zero attached hydrogens (tertiary/aromatic N) is 2. The summed E-state index contributed by atoms with van der Waals surface area (Å²) in [5, 5.41) is 4.45. The molecule has 0 aliphatic carbocycles. The van der Waals surface area contributed by atoms with Gasteiger partial charge in [0.15, 0.2) is 0 Å². The van der Waals surface area contributed by atoms with E-state index in [0.717, 1.165) is 12.1 Å². The summed E-state index contributed by atoms with van der Waals surface area (Å²) < 4.78 is 7.49. The van der Waals surface area contributed by atoms with Crippen molar-refractivity contribution in [3.05, 3.63) is 18.0 Å². The molecular weight excluding hydrogens is 202 g/mol. The van der Waals surface area contributed by atoms with E-state index in [1.54, 1.807) is 0 Å². The molecule has 4 nitrogen and oxygen atoms in total. The van der Waals surface area contributed by atoms with Crippen LogP contribution in [0.25, 0.3) is 0 Å². The summed E-state index contributed by atoms with van der Waals surface area (Å²) in [6, 6.07) is 2.44. The first kappa shape index (κ1) is 13.2. The van der Waals surface area contributed by atoms with Gasteiger partial charge in [-0.2, -0.15) is 5.10 Å². The second kappa shape index (κ2) is 5.46. The van der Waals surface area contributed by atoms with Gasteiger partial charge in [-0.25, -0.2) is 0 Å². The first-order valence-electron chi connectivity index (χ1n) is 5.83. The zero-order chi connectivity index (χ0) is 12.2. The Morgan fingerprint density at radius 1 is 1.56 bits per heavy atom. The first-order valence-corrected chi connectivity index (χ1v) is 5.83. The third-order valence-electron chi connectivity index (χ3n) is 2.43. The number of hydrogen-bond acceptors (Lipinski definition) is 3. The SMILES string of the molecule is CCC(C)n1ccc(COCC(C)(C)N)n1. The van der Waals surface area contributed by atoms with E-state index in [1.807, 2.05) is 30.8 Å². The minimum absolute atomic E-state index is 0.278. The molecule has 1 aromatic heterocycles. The van der Waals surface area contributed by atoms with E-state index < -0.39 is 0 Å². The van der Waals surface area contributed by atoms with Crippen molar-refractivity contribution in [3.63, 3.8) is 0 Å². The van der Waals surface area contributed by atoms with Gasteiger partial charge in [0.2, 0.25) is 0 Å². The summed E-state index contributed by atoms with van der Waals surface area (Å²) in [5.74, 6) is 0. The highest BCUT2D eigenvalue weighted by Crippen LogP contribution is 2.10. The van der Waals surface area contributed by atoms with Gasteiger partial charge < -0.3 is 10.5 Å². The van der Waals surface area contributed by atoms with Crippen LogP contribution in [0.2, 0.25) is 0 Å². The van der Waals surface area contributed by atoms with Crippen LogP contribution in [0.3, 0.4) is 0 Å². The predicted octanol–water partition coefficient (Wildman–Crippen LogP) is 2.11. The lowest BCUT2D eigenvalue weighted by Gasteiger charge is -2.17. The topological polar surface area (TPSA) is 53.1 Å². The molecule has 92 valence electrons. The fourth-order valence-electron chi connectivity index (χ4n) is 1.31. The molecule has 2 N–H and O–H groups in total. The van der Waals surface area contributed by atoms with Crippen molar-refractivity contribution in [1.82, 2.24) is 9.78 Å². The van der Waals surface area contributed by atoms with Gasteiger partial charge in [-0.05, 0) is 33.3 Å². The van der Waals surface area contributed by atoms with E-state index in [1.165, 1.54) is 0 Å². The lowest BCUT2D eigenvalue weighted by molar-refractivity contribution is 0.0825. The van der Waals surface area contributed by atoms with Crippen molar-refractivity contribution in [1.29, 1.82) is 0 Å². The lowest BCUT2D eigenvalue weighted by atomic mass is 10.1. The van der Waals surface area contributed by atoms with Crippen molar-refractivity contribution in [2.45, 2.75) is 52.3 Å². The van der Waals surface area contributed by atoms with E-state index in [-0.39, 0.29) is 5.54 Å². The Kier molecular flexibility index (Phi) is 4.50. The molecule has 0 fully saturated rings. The Bertz CT molecular complexity index is 314. The molecule has 1 aromatic rings.